The highest BCUT2D eigenvalue weighted by molar-refractivity contribution is 7.92. The van der Waals surface area contributed by atoms with E-state index in [0.29, 0.717) is 5.56 Å². The Balaban J connectivity index is 2.47. The first kappa shape index (κ1) is 14.1. The second-order valence-electron chi connectivity index (χ2n) is 4.21. The Hall–Kier alpha value is -2.35. The molecule has 0 aliphatic rings. The molecular weight excluding hydrogens is 282 g/mol. The quantitative estimate of drug-likeness (QED) is 0.883. The molecule has 0 bridgehead atoms. The summed E-state index contributed by atoms with van der Waals surface area (Å²) in [4.78, 5) is 11.1. The van der Waals surface area contributed by atoms with Crippen molar-refractivity contribution >= 4 is 21.8 Å². The number of aryl methyl sites for hydroxylation is 2. The average molecular weight is 295 g/mol. The van der Waals surface area contributed by atoms with Crippen molar-refractivity contribution < 1.29 is 18.3 Å². The lowest BCUT2D eigenvalue weighted by Gasteiger charge is -2.11. The minimum atomic E-state index is -3.87. The van der Waals surface area contributed by atoms with E-state index in [4.69, 9.17) is 5.11 Å². The number of carboxylic acids is 1. The van der Waals surface area contributed by atoms with Gasteiger partial charge in [-0.05, 0) is 18.6 Å². The van der Waals surface area contributed by atoms with Crippen molar-refractivity contribution in [1.29, 1.82) is 0 Å². The number of carboxylic acid groups (broad SMARTS) is 1. The average Bonchev–Trinajstić information content (AvgIpc) is 2.71. The van der Waals surface area contributed by atoms with Crippen LogP contribution in [-0.2, 0) is 17.1 Å². The van der Waals surface area contributed by atoms with Crippen LogP contribution in [0.25, 0.3) is 0 Å². The van der Waals surface area contributed by atoms with Gasteiger partial charge in [0, 0.05) is 7.05 Å². The molecule has 1 aromatic heterocycles. The fourth-order valence-electron chi connectivity index (χ4n) is 1.76. The smallest absolute Gasteiger partial charge is 0.341 e. The predicted octanol–water partition coefficient (Wildman–Crippen LogP) is 1.23. The van der Waals surface area contributed by atoms with Crippen LogP contribution < -0.4 is 4.72 Å². The van der Waals surface area contributed by atoms with Gasteiger partial charge >= 0.3 is 5.97 Å². The maximum atomic E-state index is 12.3. The molecule has 0 aliphatic heterocycles. The molecule has 0 atom stereocenters. The summed E-state index contributed by atoms with van der Waals surface area (Å²) in [6, 6.07) is 6.44. The van der Waals surface area contributed by atoms with Crippen LogP contribution in [0.2, 0.25) is 0 Å². The second kappa shape index (κ2) is 4.97. The normalized spacial score (nSPS) is 11.3. The molecular formula is C12H13N3O4S. The number of hydrogen-bond acceptors (Lipinski definition) is 4. The Labute approximate surface area is 115 Å². The number of sulfonamides is 1. The topological polar surface area (TPSA) is 101 Å². The third kappa shape index (κ3) is 2.50. The molecule has 20 heavy (non-hydrogen) atoms. The van der Waals surface area contributed by atoms with Crippen molar-refractivity contribution in [3.63, 3.8) is 0 Å². The number of anilines is 1. The molecule has 0 unspecified atom stereocenters. The molecule has 0 spiro atoms. The van der Waals surface area contributed by atoms with Crippen molar-refractivity contribution in [2.24, 2.45) is 7.05 Å². The maximum absolute atomic E-state index is 12.3. The Morgan fingerprint density at radius 1 is 1.35 bits per heavy atom. The van der Waals surface area contributed by atoms with Crippen molar-refractivity contribution in [2.45, 2.75) is 11.8 Å². The lowest BCUT2D eigenvalue weighted by molar-refractivity contribution is 0.0698. The molecule has 0 saturated heterocycles. The van der Waals surface area contributed by atoms with Crippen LogP contribution in [0.3, 0.4) is 0 Å². The number of rotatable bonds is 4. The van der Waals surface area contributed by atoms with Gasteiger partial charge in [-0.3, -0.25) is 9.40 Å². The van der Waals surface area contributed by atoms with E-state index in [1.807, 2.05) is 0 Å². The second-order valence-corrected chi connectivity index (χ2v) is 5.86. The highest BCUT2D eigenvalue weighted by Crippen LogP contribution is 2.21. The minimum absolute atomic E-state index is 0.0826. The number of benzene rings is 1. The fourth-order valence-corrected chi connectivity index (χ4v) is 3.11. The van der Waals surface area contributed by atoms with Gasteiger partial charge in [-0.25, -0.2) is 13.2 Å². The fraction of sp³-hybridized carbons (Fsp3) is 0.167. The summed E-state index contributed by atoms with van der Waals surface area (Å²) in [7, 11) is -2.41. The minimum Gasteiger partial charge on any atom is -0.477 e. The first-order valence-electron chi connectivity index (χ1n) is 5.66. The van der Waals surface area contributed by atoms with E-state index >= 15 is 0 Å². The van der Waals surface area contributed by atoms with Gasteiger partial charge in [0.05, 0.1) is 11.1 Å². The molecule has 0 radical (unpaired) electrons. The van der Waals surface area contributed by atoms with Gasteiger partial charge in [-0.15, -0.1) is 0 Å². The van der Waals surface area contributed by atoms with Gasteiger partial charge in [0.2, 0.25) is 0 Å². The maximum Gasteiger partial charge on any atom is 0.341 e. The summed E-state index contributed by atoms with van der Waals surface area (Å²) in [6.07, 6.45) is 1.10. The molecule has 8 heteroatoms. The zero-order chi connectivity index (χ0) is 14.9. The molecule has 106 valence electrons. The molecule has 2 aromatic rings. The molecule has 2 N–H and O–H groups in total. The summed E-state index contributed by atoms with van der Waals surface area (Å²) in [6.45, 7) is 1.66. The molecule has 0 saturated carbocycles. The monoisotopic (exact) mass is 295 g/mol. The molecule has 2 rings (SSSR count). The Morgan fingerprint density at radius 3 is 2.60 bits per heavy atom. The van der Waals surface area contributed by atoms with E-state index < -0.39 is 16.0 Å². The summed E-state index contributed by atoms with van der Waals surface area (Å²) in [5.74, 6) is -1.33. The number of nitrogens with one attached hydrogen (secondary N) is 1. The molecule has 0 aliphatic carbocycles. The van der Waals surface area contributed by atoms with E-state index in [0.717, 1.165) is 6.20 Å². The first-order valence-corrected chi connectivity index (χ1v) is 7.15. The molecule has 1 heterocycles. The van der Waals surface area contributed by atoms with E-state index in [-0.39, 0.29) is 16.3 Å². The molecule has 7 nitrogen and oxygen atoms in total. The number of nitrogens with zero attached hydrogens (tertiary/aromatic N) is 2. The number of hydrogen-bond donors (Lipinski definition) is 2. The summed E-state index contributed by atoms with van der Waals surface area (Å²) >= 11 is 0. The van der Waals surface area contributed by atoms with Crippen molar-refractivity contribution in [1.82, 2.24) is 9.78 Å². The summed E-state index contributed by atoms with van der Waals surface area (Å²) in [5, 5.41) is 12.8. The van der Waals surface area contributed by atoms with Gasteiger partial charge in [0.25, 0.3) is 10.0 Å². The number of aromatic carboxylic acids is 1. The summed E-state index contributed by atoms with van der Waals surface area (Å²) in [5.41, 5.74) is 0.365. The highest BCUT2D eigenvalue weighted by Gasteiger charge is 2.22. The van der Waals surface area contributed by atoms with E-state index in [1.165, 1.54) is 17.8 Å². The largest absolute Gasteiger partial charge is 0.477 e. The van der Waals surface area contributed by atoms with Crippen LogP contribution in [0.1, 0.15) is 15.9 Å². The molecule has 1 aromatic carbocycles. The molecule has 0 amide bonds. The van der Waals surface area contributed by atoms with Crippen LogP contribution in [0.4, 0.5) is 5.82 Å². The van der Waals surface area contributed by atoms with Gasteiger partial charge in [-0.1, -0.05) is 18.2 Å². The van der Waals surface area contributed by atoms with Crippen molar-refractivity contribution in [2.75, 3.05) is 4.72 Å². The van der Waals surface area contributed by atoms with Gasteiger partial charge in [0.15, 0.2) is 5.82 Å². The van der Waals surface area contributed by atoms with Gasteiger partial charge < -0.3 is 5.11 Å². The van der Waals surface area contributed by atoms with Crippen LogP contribution in [-0.4, -0.2) is 29.3 Å². The Kier molecular flexibility index (Phi) is 3.49. The Bertz CT molecular complexity index is 765. The van der Waals surface area contributed by atoms with Crippen molar-refractivity contribution in [3.8, 4) is 0 Å². The van der Waals surface area contributed by atoms with Crippen LogP contribution in [0, 0.1) is 6.92 Å². The van der Waals surface area contributed by atoms with Crippen LogP contribution in [0.5, 0.6) is 0 Å². The summed E-state index contributed by atoms with van der Waals surface area (Å²) < 4.78 is 28.0. The van der Waals surface area contributed by atoms with Crippen molar-refractivity contribution in [3.05, 3.63) is 41.6 Å². The van der Waals surface area contributed by atoms with Crippen LogP contribution in [0.15, 0.2) is 35.4 Å². The number of aromatic nitrogens is 2. The lowest BCUT2D eigenvalue weighted by atomic mass is 10.2. The number of carbonyl (C=O) groups is 1. The van der Waals surface area contributed by atoms with E-state index in [2.05, 4.69) is 9.82 Å². The van der Waals surface area contributed by atoms with Gasteiger partial charge in [0.1, 0.15) is 5.56 Å². The zero-order valence-corrected chi connectivity index (χ0v) is 11.7. The zero-order valence-electron chi connectivity index (χ0n) is 10.9. The third-order valence-corrected chi connectivity index (χ3v) is 4.28. The highest BCUT2D eigenvalue weighted by atomic mass is 32.2. The Morgan fingerprint density at radius 2 is 2.00 bits per heavy atom. The van der Waals surface area contributed by atoms with Gasteiger partial charge in [-0.2, -0.15) is 5.10 Å². The van der Waals surface area contributed by atoms with E-state index in [9.17, 15) is 13.2 Å². The lowest BCUT2D eigenvalue weighted by Crippen LogP contribution is -2.18. The first-order chi connectivity index (χ1) is 9.33. The van der Waals surface area contributed by atoms with E-state index in [1.54, 1.807) is 25.1 Å². The molecule has 0 fully saturated rings. The van der Waals surface area contributed by atoms with Crippen LogP contribution >= 0.6 is 0 Å². The SMILES string of the molecule is Cc1ccccc1S(=O)(=O)Nc1c(C(=O)O)cnn1C. The third-order valence-electron chi connectivity index (χ3n) is 2.78. The standard InChI is InChI=1S/C12H13N3O4S/c1-8-5-3-4-6-10(8)20(18,19)14-11-9(12(16)17)7-13-15(11)2/h3-7,14H,1-2H3,(H,16,17). The predicted molar refractivity (Wildman–Crippen MR) is 72.2 cm³/mol.